The van der Waals surface area contributed by atoms with Gasteiger partial charge in [-0.2, -0.15) is 0 Å². The van der Waals surface area contributed by atoms with E-state index in [0.29, 0.717) is 13.1 Å². The van der Waals surface area contributed by atoms with Crippen LogP contribution in [0.4, 0.5) is 0 Å². The molecule has 0 spiro atoms. The van der Waals surface area contributed by atoms with Crippen LogP contribution in [0.3, 0.4) is 0 Å². The van der Waals surface area contributed by atoms with Gasteiger partial charge in [-0.3, -0.25) is 9.59 Å². The zero-order valence-electron chi connectivity index (χ0n) is 12.8. The lowest BCUT2D eigenvalue weighted by Crippen LogP contribution is -2.42. The van der Waals surface area contributed by atoms with Gasteiger partial charge in [-0.25, -0.2) is 4.79 Å². The Hall–Kier alpha value is -1.79. The zero-order valence-corrected chi connectivity index (χ0v) is 12.8. The number of carboxylic acid groups (broad SMARTS) is 3. The Balaban J connectivity index is 0. The van der Waals surface area contributed by atoms with Crippen LogP contribution >= 0.6 is 0 Å². The Bertz CT molecular complexity index is 341. The summed E-state index contributed by atoms with van der Waals surface area (Å²) in [5.74, 6) is -5.02. The lowest BCUT2D eigenvalue weighted by atomic mass is 9.96. The van der Waals surface area contributed by atoms with Crippen LogP contribution in [0.25, 0.3) is 0 Å². The molecule has 0 rings (SSSR count). The maximum atomic E-state index is 10.3. The molecule has 0 aliphatic rings. The molecule has 0 fully saturated rings. The number of nitrogens with one attached hydrogen (secondary N) is 2. The molecule has 0 aliphatic heterocycles. The predicted octanol–water partition coefficient (Wildman–Crippen LogP) is -3.17. The van der Waals surface area contributed by atoms with Gasteiger partial charge >= 0.3 is 17.9 Å². The smallest absolute Gasteiger partial charge is 0.336 e. The Morgan fingerprint density at radius 2 is 1.13 bits per heavy atom. The number of hydrogen-bond donors (Lipinski definition) is 8. The van der Waals surface area contributed by atoms with Gasteiger partial charge in [-0.1, -0.05) is 0 Å². The summed E-state index contributed by atoms with van der Waals surface area (Å²) in [6.07, 6.45) is -2.29. The molecule has 23 heavy (non-hydrogen) atoms. The number of aliphatic carboxylic acids is 3. The second-order valence-corrected chi connectivity index (χ2v) is 4.56. The summed E-state index contributed by atoms with van der Waals surface area (Å²) in [5.41, 5.74) is 7.79. The average Bonchev–Trinajstić information content (AvgIpc) is 2.41. The molecule has 10 N–H and O–H groups in total. The summed E-state index contributed by atoms with van der Waals surface area (Å²) in [5, 5.41) is 40.1. The lowest BCUT2D eigenvalue weighted by Gasteiger charge is -2.18. The second-order valence-electron chi connectivity index (χ2n) is 4.56. The van der Waals surface area contributed by atoms with Crippen LogP contribution in [0.5, 0.6) is 0 Å². The van der Waals surface area contributed by atoms with Crippen molar-refractivity contribution in [1.29, 1.82) is 0 Å². The SMILES string of the molecule is NCCNCCNCCN.O=C(O)CC(O)(CC(=O)O)C(=O)O. The molecule has 0 aromatic rings. The fraction of sp³-hybridized carbons (Fsp3) is 0.750. The molecule has 0 radical (unpaired) electrons. The normalized spacial score (nSPS) is 10.6. The van der Waals surface area contributed by atoms with Crippen LogP contribution in [-0.4, -0.2) is 83.2 Å². The minimum Gasteiger partial charge on any atom is -0.481 e. The highest BCUT2D eigenvalue weighted by Crippen LogP contribution is 2.15. The van der Waals surface area contributed by atoms with Crippen molar-refractivity contribution >= 4 is 17.9 Å². The molecule has 11 nitrogen and oxygen atoms in total. The standard InChI is InChI=1S/C6H18N4.C6H8O7/c7-1-3-9-5-6-10-4-2-8;7-3(8)1-6(13,5(11)12)2-4(9)10/h9-10H,1-8H2;13H,1-2H2,(H,7,8)(H,9,10)(H,11,12). The van der Waals surface area contributed by atoms with E-state index in [9.17, 15) is 14.4 Å². The Morgan fingerprint density at radius 1 is 0.783 bits per heavy atom. The highest BCUT2D eigenvalue weighted by Gasteiger charge is 2.40. The predicted molar refractivity (Wildman–Crippen MR) is 80.9 cm³/mol. The highest BCUT2D eigenvalue weighted by atomic mass is 16.4. The zero-order chi connectivity index (χ0) is 18.3. The Labute approximate surface area is 133 Å². The van der Waals surface area contributed by atoms with Crippen LogP contribution in [0.2, 0.25) is 0 Å². The van der Waals surface area contributed by atoms with Gasteiger partial charge in [0.15, 0.2) is 5.60 Å². The van der Waals surface area contributed by atoms with Crippen LogP contribution in [0.15, 0.2) is 0 Å². The number of hydrogen-bond acceptors (Lipinski definition) is 8. The summed E-state index contributed by atoms with van der Waals surface area (Å²) >= 11 is 0. The number of carboxylic acids is 3. The Kier molecular flexibility index (Phi) is 14.1. The molecule has 0 unspecified atom stereocenters. The first-order valence-corrected chi connectivity index (χ1v) is 6.90. The van der Waals surface area contributed by atoms with Crippen LogP contribution in [0, 0.1) is 0 Å². The molecule has 0 aromatic carbocycles. The van der Waals surface area contributed by atoms with Crippen molar-refractivity contribution in [2.75, 3.05) is 39.3 Å². The van der Waals surface area contributed by atoms with E-state index in [-0.39, 0.29) is 0 Å². The van der Waals surface area contributed by atoms with Gasteiger partial charge in [0.05, 0.1) is 12.8 Å². The van der Waals surface area contributed by atoms with Gasteiger partial charge in [-0.05, 0) is 0 Å². The van der Waals surface area contributed by atoms with Crippen molar-refractivity contribution in [3.63, 3.8) is 0 Å². The monoisotopic (exact) mass is 338 g/mol. The molecule has 0 saturated heterocycles. The van der Waals surface area contributed by atoms with E-state index in [1.807, 2.05) is 0 Å². The maximum absolute atomic E-state index is 10.3. The van der Waals surface area contributed by atoms with E-state index in [4.69, 9.17) is 31.9 Å². The van der Waals surface area contributed by atoms with Crippen molar-refractivity contribution in [1.82, 2.24) is 10.6 Å². The summed E-state index contributed by atoms with van der Waals surface area (Å²) in [6, 6.07) is 0. The molecular weight excluding hydrogens is 312 g/mol. The van der Waals surface area contributed by atoms with E-state index >= 15 is 0 Å². The fourth-order valence-corrected chi connectivity index (χ4v) is 1.34. The lowest BCUT2D eigenvalue weighted by molar-refractivity contribution is -0.170. The molecule has 11 heteroatoms. The molecule has 0 aromatic heterocycles. The minimum atomic E-state index is -2.74. The highest BCUT2D eigenvalue weighted by molar-refractivity contribution is 5.88. The van der Waals surface area contributed by atoms with E-state index in [0.717, 1.165) is 26.2 Å². The number of nitrogens with two attached hydrogens (primary N) is 2. The number of aliphatic hydroxyl groups is 1. The quantitative estimate of drug-likeness (QED) is 0.166. The van der Waals surface area contributed by atoms with Crippen molar-refractivity contribution in [3.05, 3.63) is 0 Å². The molecule has 136 valence electrons. The van der Waals surface area contributed by atoms with Crippen LogP contribution in [0.1, 0.15) is 12.8 Å². The van der Waals surface area contributed by atoms with Gasteiger partial charge in [-0.15, -0.1) is 0 Å². The molecule has 0 bridgehead atoms. The fourth-order valence-electron chi connectivity index (χ4n) is 1.34. The number of rotatable bonds is 12. The molecule has 0 aliphatic carbocycles. The first-order valence-electron chi connectivity index (χ1n) is 6.90. The maximum Gasteiger partial charge on any atom is 0.336 e. The molecule has 0 amide bonds. The van der Waals surface area contributed by atoms with Gasteiger partial charge in [0, 0.05) is 39.3 Å². The topological polar surface area (TPSA) is 208 Å². The summed E-state index contributed by atoms with van der Waals surface area (Å²) in [7, 11) is 0. The minimum absolute atomic E-state index is 0.705. The third-order valence-corrected chi connectivity index (χ3v) is 2.41. The molecule has 0 saturated carbocycles. The summed E-state index contributed by atoms with van der Waals surface area (Å²) < 4.78 is 0. The third-order valence-electron chi connectivity index (χ3n) is 2.41. The summed E-state index contributed by atoms with van der Waals surface area (Å²) in [6.45, 7) is 5.14. The average molecular weight is 338 g/mol. The van der Waals surface area contributed by atoms with E-state index in [2.05, 4.69) is 10.6 Å². The van der Waals surface area contributed by atoms with Crippen LogP contribution in [-0.2, 0) is 14.4 Å². The van der Waals surface area contributed by atoms with Gasteiger partial charge < -0.3 is 42.5 Å². The van der Waals surface area contributed by atoms with Gasteiger partial charge in [0.25, 0.3) is 0 Å². The van der Waals surface area contributed by atoms with Gasteiger partial charge in [0.2, 0.25) is 0 Å². The second kappa shape index (κ2) is 13.8. The molecular formula is C12H26N4O7. The molecule has 0 heterocycles. The Morgan fingerprint density at radius 3 is 1.35 bits per heavy atom. The third kappa shape index (κ3) is 14.9. The van der Waals surface area contributed by atoms with Crippen molar-refractivity contribution < 1.29 is 34.8 Å². The van der Waals surface area contributed by atoms with E-state index in [1.165, 1.54) is 0 Å². The van der Waals surface area contributed by atoms with Crippen molar-refractivity contribution in [2.24, 2.45) is 11.5 Å². The van der Waals surface area contributed by atoms with Crippen molar-refractivity contribution in [2.45, 2.75) is 18.4 Å². The van der Waals surface area contributed by atoms with E-state index in [1.54, 1.807) is 0 Å². The largest absolute Gasteiger partial charge is 0.481 e. The first-order chi connectivity index (χ1) is 10.7. The summed E-state index contributed by atoms with van der Waals surface area (Å²) in [4.78, 5) is 30.5. The van der Waals surface area contributed by atoms with Crippen molar-refractivity contribution in [3.8, 4) is 0 Å². The number of carbonyl (C=O) groups is 3. The van der Waals surface area contributed by atoms with Crippen LogP contribution < -0.4 is 22.1 Å². The van der Waals surface area contributed by atoms with E-state index < -0.39 is 36.4 Å². The molecule has 0 atom stereocenters. The van der Waals surface area contributed by atoms with Gasteiger partial charge in [0.1, 0.15) is 0 Å². The first kappa shape index (κ1) is 23.5.